The van der Waals surface area contributed by atoms with E-state index in [0.29, 0.717) is 11.1 Å². The maximum atomic E-state index is 10.6. The van der Waals surface area contributed by atoms with Crippen molar-refractivity contribution in [2.24, 2.45) is 0 Å². The summed E-state index contributed by atoms with van der Waals surface area (Å²) in [6.07, 6.45) is 0. The molecule has 0 bridgehead atoms. The van der Waals surface area contributed by atoms with Crippen molar-refractivity contribution in [1.29, 1.82) is 0 Å². The van der Waals surface area contributed by atoms with Gasteiger partial charge in [-0.2, -0.15) is 0 Å². The quantitative estimate of drug-likeness (QED) is 0.453. The molecule has 4 aromatic carbocycles. The van der Waals surface area contributed by atoms with Crippen molar-refractivity contribution in [2.75, 3.05) is 0 Å². The van der Waals surface area contributed by atoms with E-state index in [4.69, 9.17) is 10.2 Å². The van der Waals surface area contributed by atoms with E-state index >= 15 is 0 Å². The summed E-state index contributed by atoms with van der Waals surface area (Å²) in [5, 5.41) is 21.5. The fraction of sp³-hybridized carbons (Fsp3) is 0. The molecule has 0 unspecified atom stereocenters. The molecule has 0 radical (unpaired) electrons. The van der Waals surface area contributed by atoms with Crippen LogP contribution < -0.4 is 0 Å². The van der Waals surface area contributed by atoms with Crippen molar-refractivity contribution in [3.05, 3.63) is 96.1 Å². The van der Waals surface area contributed by atoms with Crippen molar-refractivity contribution in [3.8, 4) is 0 Å². The Bertz CT molecular complexity index is 1020. The molecule has 5 heteroatoms. The monoisotopic (exact) mass is 408 g/mol. The summed E-state index contributed by atoms with van der Waals surface area (Å²) in [5.41, 5.74) is 0.664. The molecule has 0 spiro atoms. The maximum Gasteiger partial charge on any atom is 0.335 e. The van der Waals surface area contributed by atoms with Crippen molar-refractivity contribution in [1.82, 2.24) is 0 Å². The van der Waals surface area contributed by atoms with Gasteiger partial charge in [-0.3, -0.25) is 0 Å². The van der Waals surface area contributed by atoms with Crippen molar-refractivity contribution in [2.45, 2.75) is 0 Å². The SMILES string of the molecule is O=C(O)c1ccc2ccccc2c1.O=C(O)c1ccc2ccccc2c1.[Zn]. The first-order valence-corrected chi connectivity index (χ1v) is 7.99. The maximum absolute atomic E-state index is 10.6. The molecule has 0 fully saturated rings. The van der Waals surface area contributed by atoms with Crippen LogP contribution in [-0.4, -0.2) is 22.2 Å². The van der Waals surface area contributed by atoms with E-state index in [0.717, 1.165) is 21.5 Å². The van der Waals surface area contributed by atoms with Gasteiger partial charge in [-0.25, -0.2) is 9.59 Å². The van der Waals surface area contributed by atoms with Gasteiger partial charge in [0.25, 0.3) is 0 Å². The van der Waals surface area contributed by atoms with Crippen LogP contribution in [0, 0.1) is 0 Å². The van der Waals surface area contributed by atoms with Crippen molar-refractivity contribution >= 4 is 33.5 Å². The van der Waals surface area contributed by atoms with E-state index in [2.05, 4.69) is 0 Å². The number of carboxylic acids is 2. The summed E-state index contributed by atoms with van der Waals surface area (Å²) < 4.78 is 0. The van der Waals surface area contributed by atoms with Gasteiger partial charge in [0.1, 0.15) is 0 Å². The average molecular weight is 410 g/mol. The van der Waals surface area contributed by atoms with E-state index in [1.807, 2.05) is 60.7 Å². The van der Waals surface area contributed by atoms with Gasteiger partial charge in [0.05, 0.1) is 11.1 Å². The first-order valence-electron chi connectivity index (χ1n) is 7.99. The number of carboxylic acid groups (broad SMARTS) is 2. The Morgan fingerprint density at radius 1 is 0.519 bits per heavy atom. The minimum atomic E-state index is -0.884. The molecule has 27 heavy (non-hydrogen) atoms. The average Bonchev–Trinajstić information content (AvgIpc) is 2.67. The molecule has 4 rings (SSSR count). The third-order valence-corrected chi connectivity index (χ3v) is 3.99. The number of hydrogen-bond acceptors (Lipinski definition) is 2. The number of hydrogen-bond donors (Lipinski definition) is 2. The molecule has 130 valence electrons. The van der Waals surface area contributed by atoms with Gasteiger partial charge in [0.2, 0.25) is 0 Å². The van der Waals surface area contributed by atoms with Gasteiger partial charge in [-0.1, -0.05) is 60.7 Å². The van der Waals surface area contributed by atoms with Crippen LogP contribution in [0.25, 0.3) is 21.5 Å². The second kappa shape index (κ2) is 9.06. The van der Waals surface area contributed by atoms with Gasteiger partial charge in [-0.05, 0) is 45.8 Å². The molecular weight excluding hydrogens is 394 g/mol. The van der Waals surface area contributed by atoms with Gasteiger partial charge in [0, 0.05) is 19.5 Å². The summed E-state index contributed by atoms with van der Waals surface area (Å²) in [5.74, 6) is -1.77. The topological polar surface area (TPSA) is 74.6 Å². The minimum absolute atomic E-state index is 0. The Hall–Kier alpha value is -3.04. The molecule has 0 heterocycles. The molecule has 4 nitrogen and oxygen atoms in total. The molecule has 0 saturated carbocycles. The molecule has 0 aliphatic rings. The molecule has 0 aromatic heterocycles. The van der Waals surface area contributed by atoms with Crippen LogP contribution in [0.15, 0.2) is 84.9 Å². The van der Waals surface area contributed by atoms with Gasteiger partial charge >= 0.3 is 11.9 Å². The summed E-state index contributed by atoms with van der Waals surface area (Å²) in [6, 6.07) is 25.6. The van der Waals surface area contributed by atoms with Crippen LogP contribution in [0.2, 0.25) is 0 Å². The Morgan fingerprint density at radius 2 is 0.852 bits per heavy atom. The number of carbonyl (C=O) groups is 2. The van der Waals surface area contributed by atoms with E-state index in [9.17, 15) is 9.59 Å². The Balaban J connectivity index is 0.000000187. The normalized spacial score (nSPS) is 9.78. The molecule has 0 atom stereocenters. The van der Waals surface area contributed by atoms with Crippen LogP contribution in [-0.2, 0) is 19.5 Å². The molecule has 0 aliphatic carbocycles. The van der Waals surface area contributed by atoms with Crippen LogP contribution in [0.1, 0.15) is 20.7 Å². The third kappa shape index (κ3) is 4.99. The van der Waals surface area contributed by atoms with E-state index in [1.54, 1.807) is 24.3 Å². The number of rotatable bonds is 2. The zero-order valence-corrected chi connectivity index (χ0v) is 17.5. The van der Waals surface area contributed by atoms with Crippen LogP contribution >= 0.6 is 0 Å². The van der Waals surface area contributed by atoms with Gasteiger partial charge < -0.3 is 10.2 Å². The zero-order chi connectivity index (χ0) is 18.5. The Labute approximate surface area is 168 Å². The summed E-state index contributed by atoms with van der Waals surface area (Å²) >= 11 is 0. The summed E-state index contributed by atoms with van der Waals surface area (Å²) in [6.45, 7) is 0. The van der Waals surface area contributed by atoms with Gasteiger partial charge in [0.15, 0.2) is 0 Å². The minimum Gasteiger partial charge on any atom is -0.478 e. The third-order valence-electron chi connectivity index (χ3n) is 3.99. The van der Waals surface area contributed by atoms with Crippen LogP contribution in [0.5, 0.6) is 0 Å². The van der Waals surface area contributed by atoms with E-state index < -0.39 is 11.9 Å². The smallest absolute Gasteiger partial charge is 0.335 e. The first kappa shape index (κ1) is 20.3. The standard InChI is InChI=1S/2C11H8O2.Zn/c2*12-11(13)10-6-5-8-3-1-2-4-9(8)7-10;/h2*1-7H,(H,12,13);. The van der Waals surface area contributed by atoms with Crippen LogP contribution in [0.4, 0.5) is 0 Å². The predicted octanol–water partition coefficient (Wildman–Crippen LogP) is 5.07. The van der Waals surface area contributed by atoms with Crippen LogP contribution in [0.3, 0.4) is 0 Å². The van der Waals surface area contributed by atoms with E-state index in [1.165, 1.54) is 0 Å². The predicted molar refractivity (Wildman–Crippen MR) is 102 cm³/mol. The fourth-order valence-corrected chi connectivity index (χ4v) is 2.64. The number of aromatic carboxylic acids is 2. The van der Waals surface area contributed by atoms with E-state index in [-0.39, 0.29) is 19.5 Å². The molecular formula is C22H16O4Zn. The first-order chi connectivity index (χ1) is 12.5. The zero-order valence-electron chi connectivity index (χ0n) is 14.5. The second-order valence-electron chi connectivity index (χ2n) is 5.73. The fourth-order valence-electron chi connectivity index (χ4n) is 2.64. The number of benzene rings is 4. The van der Waals surface area contributed by atoms with Gasteiger partial charge in [-0.15, -0.1) is 0 Å². The Morgan fingerprint density at radius 3 is 1.19 bits per heavy atom. The Kier molecular flexibility index (Phi) is 6.81. The molecule has 0 amide bonds. The second-order valence-corrected chi connectivity index (χ2v) is 5.73. The molecule has 2 N–H and O–H groups in total. The van der Waals surface area contributed by atoms with Crippen molar-refractivity contribution in [3.63, 3.8) is 0 Å². The summed E-state index contributed by atoms with van der Waals surface area (Å²) in [7, 11) is 0. The summed E-state index contributed by atoms with van der Waals surface area (Å²) in [4.78, 5) is 21.3. The number of fused-ring (bicyclic) bond motifs is 2. The van der Waals surface area contributed by atoms with Crippen molar-refractivity contribution < 1.29 is 39.3 Å². The molecule has 0 aliphatic heterocycles. The molecule has 0 saturated heterocycles. The largest absolute Gasteiger partial charge is 0.478 e. The molecule has 4 aromatic rings.